The predicted molar refractivity (Wildman–Crippen MR) is 229 cm³/mol. The molecule has 0 N–H and O–H groups in total. The van der Waals surface area contributed by atoms with Gasteiger partial charge in [0.1, 0.15) is 0 Å². The number of para-hydroxylation sites is 1. The van der Waals surface area contributed by atoms with Crippen molar-refractivity contribution in [1.29, 1.82) is 0 Å². The van der Waals surface area contributed by atoms with Gasteiger partial charge >= 0.3 is 0 Å². The zero-order valence-electron chi connectivity index (χ0n) is 31.7. The van der Waals surface area contributed by atoms with Crippen LogP contribution in [0, 0.1) is 0 Å². The van der Waals surface area contributed by atoms with Crippen LogP contribution in [0.15, 0.2) is 158 Å². The van der Waals surface area contributed by atoms with E-state index in [0.717, 1.165) is 38.9 Å². The van der Waals surface area contributed by atoms with Gasteiger partial charge < -0.3 is 4.57 Å². The van der Waals surface area contributed by atoms with Crippen LogP contribution in [-0.2, 0) is 10.8 Å². The Morgan fingerprint density at radius 2 is 0.982 bits per heavy atom. The van der Waals surface area contributed by atoms with Crippen LogP contribution in [0.4, 0.5) is 0 Å². The first-order chi connectivity index (χ1) is 26.7. The second kappa shape index (κ2) is 12.6. The van der Waals surface area contributed by atoms with Gasteiger partial charge in [0.2, 0.25) is 0 Å². The van der Waals surface area contributed by atoms with Crippen LogP contribution in [0.2, 0.25) is 0 Å². The minimum absolute atomic E-state index is 0.124. The molecule has 1 aliphatic rings. The molecule has 55 heavy (non-hydrogen) atoms. The van der Waals surface area contributed by atoms with Crippen molar-refractivity contribution < 1.29 is 0 Å². The molecule has 4 nitrogen and oxygen atoms in total. The summed E-state index contributed by atoms with van der Waals surface area (Å²) in [7, 11) is 0. The summed E-state index contributed by atoms with van der Waals surface area (Å²) < 4.78 is 2.46. The highest BCUT2D eigenvalue weighted by atomic mass is 15.0. The fourth-order valence-corrected chi connectivity index (χ4v) is 8.71. The van der Waals surface area contributed by atoms with E-state index in [0.29, 0.717) is 17.5 Å². The standard InChI is InChI=1S/C51H42N4/c1-50(2)27-28-51(3,4)44-32-46-42(31-43(44)50)40-20-13-14-22-45(40)55(46)38-26-25-35-29-37(24-23-36(35)30-38)48-52-47(34-17-9-6-10-18-34)53-49(54-48)41-21-12-11-19-39(41)33-15-7-5-8-16-33/h5-26,29-32H,27-28H2,1-4H3. The average Bonchev–Trinajstić information content (AvgIpc) is 3.56. The molecule has 0 spiro atoms. The molecule has 0 fully saturated rings. The molecule has 0 saturated carbocycles. The van der Waals surface area contributed by atoms with Crippen LogP contribution in [-0.4, -0.2) is 19.5 Å². The SMILES string of the molecule is CC1(C)CCC(C)(C)c2cc3c(cc21)c1ccccc1n3-c1ccc2cc(-c3nc(-c4ccccc4)nc(-c4ccccc4-c4ccccc4)n3)ccc2c1. The number of nitrogens with zero attached hydrogens (tertiary/aromatic N) is 4. The van der Waals surface area contributed by atoms with Gasteiger partial charge in [0, 0.05) is 33.2 Å². The Balaban J connectivity index is 1.11. The van der Waals surface area contributed by atoms with Crippen molar-refractivity contribution in [2.75, 3.05) is 0 Å². The summed E-state index contributed by atoms with van der Waals surface area (Å²) in [6.07, 6.45) is 2.39. The third-order valence-corrected chi connectivity index (χ3v) is 11.9. The Hall–Kier alpha value is -6.39. The monoisotopic (exact) mass is 710 g/mol. The average molecular weight is 711 g/mol. The minimum atomic E-state index is 0.124. The number of hydrogen-bond acceptors (Lipinski definition) is 3. The van der Waals surface area contributed by atoms with Crippen LogP contribution in [0.5, 0.6) is 0 Å². The third kappa shape index (κ3) is 5.63. The molecule has 0 atom stereocenters. The number of fused-ring (bicyclic) bond motifs is 5. The van der Waals surface area contributed by atoms with Gasteiger partial charge in [-0.05, 0) is 93.1 Å². The fourth-order valence-electron chi connectivity index (χ4n) is 8.71. The predicted octanol–water partition coefficient (Wildman–Crippen LogP) is 13.1. The van der Waals surface area contributed by atoms with Gasteiger partial charge in [-0.1, -0.05) is 149 Å². The van der Waals surface area contributed by atoms with E-state index in [4.69, 9.17) is 15.0 Å². The van der Waals surface area contributed by atoms with E-state index < -0.39 is 0 Å². The molecule has 0 saturated heterocycles. The first-order valence-corrected chi connectivity index (χ1v) is 19.3. The minimum Gasteiger partial charge on any atom is -0.309 e. The summed E-state index contributed by atoms with van der Waals surface area (Å²) >= 11 is 0. The lowest BCUT2D eigenvalue weighted by Gasteiger charge is -2.42. The smallest absolute Gasteiger partial charge is 0.164 e. The zero-order valence-corrected chi connectivity index (χ0v) is 31.7. The zero-order chi connectivity index (χ0) is 37.3. The van der Waals surface area contributed by atoms with Crippen LogP contribution in [0.25, 0.3) is 83.6 Å². The number of rotatable bonds is 5. The van der Waals surface area contributed by atoms with E-state index in [1.54, 1.807) is 0 Å². The van der Waals surface area contributed by atoms with E-state index in [1.807, 2.05) is 24.3 Å². The molecule has 4 heteroatoms. The van der Waals surface area contributed by atoms with Gasteiger partial charge in [0.05, 0.1) is 11.0 Å². The molecular weight excluding hydrogens is 669 g/mol. The molecule has 9 aromatic rings. The van der Waals surface area contributed by atoms with E-state index in [2.05, 4.69) is 166 Å². The highest BCUT2D eigenvalue weighted by molar-refractivity contribution is 6.10. The Bertz CT molecular complexity index is 2920. The van der Waals surface area contributed by atoms with Crippen molar-refractivity contribution in [3.8, 4) is 51.0 Å². The van der Waals surface area contributed by atoms with Crippen LogP contribution >= 0.6 is 0 Å². The van der Waals surface area contributed by atoms with Crippen molar-refractivity contribution in [1.82, 2.24) is 19.5 Å². The van der Waals surface area contributed by atoms with Gasteiger partial charge in [0.25, 0.3) is 0 Å². The molecule has 0 aliphatic heterocycles. The summed E-state index contributed by atoms with van der Waals surface area (Å²) in [6.45, 7) is 9.64. The maximum Gasteiger partial charge on any atom is 0.164 e. The van der Waals surface area contributed by atoms with E-state index >= 15 is 0 Å². The molecular formula is C51H42N4. The summed E-state index contributed by atoms with van der Waals surface area (Å²) in [4.78, 5) is 15.3. The Kier molecular flexibility index (Phi) is 7.60. The van der Waals surface area contributed by atoms with Gasteiger partial charge in [-0.3, -0.25) is 0 Å². The van der Waals surface area contributed by atoms with Crippen LogP contribution in [0.3, 0.4) is 0 Å². The van der Waals surface area contributed by atoms with E-state index in [1.165, 1.54) is 51.2 Å². The van der Waals surface area contributed by atoms with Crippen molar-refractivity contribution in [2.45, 2.75) is 51.4 Å². The van der Waals surface area contributed by atoms with Gasteiger partial charge in [-0.25, -0.2) is 15.0 Å². The lowest BCUT2D eigenvalue weighted by molar-refractivity contribution is 0.332. The molecule has 2 aromatic heterocycles. The van der Waals surface area contributed by atoms with Crippen LogP contribution < -0.4 is 0 Å². The second-order valence-electron chi connectivity index (χ2n) is 16.4. The number of hydrogen-bond donors (Lipinski definition) is 0. The Labute approximate surface area is 322 Å². The highest BCUT2D eigenvalue weighted by Crippen LogP contribution is 2.48. The van der Waals surface area contributed by atoms with Crippen molar-refractivity contribution in [2.24, 2.45) is 0 Å². The van der Waals surface area contributed by atoms with Crippen molar-refractivity contribution in [3.05, 3.63) is 169 Å². The van der Waals surface area contributed by atoms with Crippen molar-refractivity contribution in [3.63, 3.8) is 0 Å². The first-order valence-electron chi connectivity index (χ1n) is 19.3. The molecule has 1 aliphatic carbocycles. The summed E-state index contributed by atoms with van der Waals surface area (Å²) in [5, 5.41) is 4.92. The second-order valence-corrected chi connectivity index (χ2v) is 16.4. The van der Waals surface area contributed by atoms with Gasteiger partial charge in [-0.2, -0.15) is 0 Å². The highest BCUT2D eigenvalue weighted by Gasteiger charge is 2.37. The van der Waals surface area contributed by atoms with E-state index in [-0.39, 0.29) is 10.8 Å². The van der Waals surface area contributed by atoms with Crippen LogP contribution in [0.1, 0.15) is 51.7 Å². The molecule has 266 valence electrons. The molecule has 0 unspecified atom stereocenters. The van der Waals surface area contributed by atoms with Gasteiger partial charge in [0.15, 0.2) is 17.5 Å². The molecule has 0 bridgehead atoms. The molecule has 2 heterocycles. The summed E-state index contributed by atoms with van der Waals surface area (Å²) in [6, 6.07) is 56.2. The molecule has 7 aromatic carbocycles. The van der Waals surface area contributed by atoms with Gasteiger partial charge in [-0.15, -0.1) is 0 Å². The molecule has 10 rings (SSSR count). The largest absolute Gasteiger partial charge is 0.309 e. The first kappa shape index (κ1) is 33.2. The Morgan fingerprint density at radius 3 is 1.73 bits per heavy atom. The third-order valence-electron chi connectivity index (χ3n) is 11.9. The lowest BCUT2D eigenvalue weighted by atomic mass is 9.63. The summed E-state index contributed by atoms with van der Waals surface area (Å²) in [5.41, 5.74) is 12.0. The normalized spacial score (nSPS) is 14.7. The topological polar surface area (TPSA) is 43.6 Å². The maximum absolute atomic E-state index is 5.15. The maximum atomic E-state index is 5.15. The number of aromatic nitrogens is 4. The molecule has 0 radical (unpaired) electrons. The Morgan fingerprint density at radius 1 is 0.418 bits per heavy atom. The van der Waals surface area contributed by atoms with E-state index in [9.17, 15) is 0 Å². The lowest BCUT2D eigenvalue weighted by Crippen LogP contribution is -2.33. The molecule has 0 amide bonds. The quantitative estimate of drug-likeness (QED) is 0.179. The summed E-state index contributed by atoms with van der Waals surface area (Å²) in [5.74, 6) is 1.95. The van der Waals surface area contributed by atoms with Crippen molar-refractivity contribution >= 4 is 32.6 Å². The number of benzene rings is 7. The fraction of sp³-hybridized carbons (Fsp3) is 0.157.